The predicted molar refractivity (Wildman–Crippen MR) is 101 cm³/mol. The maximum absolute atomic E-state index is 6.05. The van der Waals surface area contributed by atoms with Crippen molar-refractivity contribution in [2.24, 2.45) is 0 Å². The van der Waals surface area contributed by atoms with Gasteiger partial charge in [-0.3, -0.25) is 0 Å². The molecule has 1 heterocycles. The minimum absolute atomic E-state index is 0.410. The van der Waals surface area contributed by atoms with Crippen LogP contribution in [0.15, 0.2) is 54.6 Å². The van der Waals surface area contributed by atoms with Gasteiger partial charge in [0, 0.05) is 18.2 Å². The van der Waals surface area contributed by atoms with E-state index >= 15 is 0 Å². The summed E-state index contributed by atoms with van der Waals surface area (Å²) in [7, 11) is 0. The van der Waals surface area contributed by atoms with Crippen LogP contribution >= 0.6 is 11.6 Å². The van der Waals surface area contributed by atoms with Gasteiger partial charge in [-0.05, 0) is 61.4 Å². The Balaban J connectivity index is 1.57. The quantitative estimate of drug-likeness (QED) is 0.693. The summed E-state index contributed by atoms with van der Waals surface area (Å²) < 4.78 is 5.68. The van der Waals surface area contributed by atoms with E-state index in [1.54, 1.807) is 0 Å². The second-order valence-corrected chi connectivity index (χ2v) is 7.00. The first-order valence-electron chi connectivity index (χ1n) is 8.93. The van der Waals surface area contributed by atoms with Crippen molar-refractivity contribution in [2.75, 3.05) is 19.7 Å². The molecule has 0 amide bonds. The van der Waals surface area contributed by atoms with E-state index < -0.39 is 0 Å². The van der Waals surface area contributed by atoms with E-state index in [9.17, 15) is 0 Å². The standard InChI is InChI=1S/C21H26ClNO/c22-20-10-8-18(9-11-20)19(15-17-5-2-1-3-6-17)12-13-23-16-21-7-4-14-24-21/h1-3,5-6,8-11,19,21,23H,4,7,12-16H2/t19-,21-/m0/s1. The van der Waals surface area contributed by atoms with Crippen molar-refractivity contribution < 1.29 is 4.74 Å². The molecule has 1 aliphatic heterocycles. The maximum atomic E-state index is 6.05. The summed E-state index contributed by atoms with van der Waals surface area (Å²) in [5.41, 5.74) is 2.75. The van der Waals surface area contributed by atoms with Crippen molar-refractivity contribution >= 4 is 11.6 Å². The molecule has 0 radical (unpaired) electrons. The van der Waals surface area contributed by atoms with Gasteiger partial charge in [0.25, 0.3) is 0 Å². The Morgan fingerprint density at radius 3 is 2.58 bits per heavy atom. The summed E-state index contributed by atoms with van der Waals surface area (Å²) in [6.07, 6.45) is 4.98. The molecule has 3 rings (SSSR count). The monoisotopic (exact) mass is 343 g/mol. The van der Waals surface area contributed by atoms with Crippen LogP contribution in [0.4, 0.5) is 0 Å². The van der Waals surface area contributed by atoms with E-state index in [4.69, 9.17) is 16.3 Å². The first-order chi connectivity index (χ1) is 11.8. The van der Waals surface area contributed by atoms with Gasteiger partial charge in [0.2, 0.25) is 0 Å². The molecule has 3 heteroatoms. The van der Waals surface area contributed by atoms with Gasteiger partial charge in [0.1, 0.15) is 0 Å². The number of ether oxygens (including phenoxy) is 1. The van der Waals surface area contributed by atoms with Crippen LogP contribution in [-0.2, 0) is 11.2 Å². The van der Waals surface area contributed by atoms with Gasteiger partial charge in [-0.15, -0.1) is 0 Å². The minimum atomic E-state index is 0.410. The van der Waals surface area contributed by atoms with Crippen LogP contribution in [0.1, 0.15) is 36.3 Å². The van der Waals surface area contributed by atoms with Crippen LogP contribution in [0.25, 0.3) is 0 Å². The fraction of sp³-hybridized carbons (Fsp3) is 0.429. The second kappa shape index (κ2) is 9.22. The SMILES string of the molecule is Clc1ccc([C@@H](CCNC[C@@H]2CCCO2)Cc2ccccc2)cc1. The average molecular weight is 344 g/mol. The lowest BCUT2D eigenvalue weighted by molar-refractivity contribution is 0.110. The lowest BCUT2D eigenvalue weighted by atomic mass is 9.89. The van der Waals surface area contributed by atoms with Gasteiger partial charge >= 0.3 is 0 Å². The Morgan fingerprint density at radius 2 is 1.88 bits per heavy atom. The molecule has 1 N–H and O–H groups in total. The molecule has 0 aromatic heterocycles. The summed E-state index contributed by atoms with van der Waals surface area (Å²) in [6, 6.07) is 19.0. The number of halogens is 1. The normalized spacial score (nSPS) is 18.6. The highest BCUT2D eigenvalue weighted by atomic mass is 35.5. The Morgan fingerprint density at radius 1 is 1.08 bits per heavy atom. The van der Waals surface area contributed by atoms with Gasteiger partial charge in [0.05, 0.1) is 6.10 Å². The molecule has 128 valence electrons. The van der Waals surface area contributed by atoms with Gasteiger partial charge in [-0.2, -0.15) is 0 Å². The molecule has 1 saturated heterocycles. The third kappa shape index (κ3) is 5.34. The molecule has 1 aliphatic rings. The van der Waals surface area contributed by atoms with Crippen LogP contribution in [0.5, 0.6) is 0 Å². The van der Waals surface area contributed by atoms with E-state index in [-0.39, 0.29) is 0 Å². The van der Waals surface area contributed by atoms with Crippen molar-refractivity contribution in [3.63, 3.8) is 0 Å². The zero-order valence-corrected chi connectivity index (χ0v) is 14.8. The Labute approximate surface area is 150 Å². The molecule has 2 nitrogen and oxygen atoms in total. The van der Waals surface area contributed by atoms with E-state index in [1.165, 1.54) is 24.0 Å². The van der Waals surface area contributed by atoms with Crippen LogP contribution in [-0.4, -0.2) is 25.8 Å². The molecular formula is C21H26ClNO. The fourth-order valence-corrected chi connectivity index (χ4v) is 3.49. The molecular weight excluding hydrogens is 318 g/mol. The minimum Gasteiger partial charge on any atom is -0.377 e. The Hall–Kier alpha value is -1.35. The number of hydrogen-bond donors (Lipinski definition) is 1. The van der Waals surface area contributed by atoms with Crippen LogP contribution < -0.4 is 5.32 Å². The average Bonchev–Trinajstić information content (AvgIpc) is 3.13. The zero-order chi connectivity index (χ0) is 16.6. The summed E-state index contributed by atoms with van der Waals surface area (Å²) in [5.74, 6) is 0.502. The molecule has 0 aliphatic carbocycles. The molecule has 0 bridgehead atoms. The zero-order valence-electron chi connectivity index (χ0n) is 14.1. The van der Waals surface area contributed by atoms with E-state index in [0.717, 1.165) is 37.6 Å². The summed E-state index contributed by atoms with van der Waals surface area (Å²) >= 11 is 6.05. The summed E-state index contributed by atoms with van der Waals surface area (Å²) in [4.78, 5) is 0. The highest BCUT2D eigenvalue weighted by Gasteiger charge is 2.16. The van der Waals surface area contributed by atoms with E-state index in [1.807, 2.05) is 12.1 Å². The van der Waals surface area contributed by atoms with Gasteiger partial charge in [0.15, 0.2) is 0 Å². The summed E-state index contributed by atoms with van der Waals surface area (Å²) in [5, 5.41) is 4.37. The third-order valence-corrected chi connectivity index (χ3v) is 4.98. The Kier molecular flexibility index (Phi) is 6.71. The molecule has 2 atom stereocenters. The maximum Gasteiger partial charge on any atom is 0.0700 e. The lowest BCUT2D eigenvalue weighted by Crippen LogP contribution is -2.28. The van der Waals surface area contributed by atoms with Crippen LogP contribution in [0, 0.1) is 0 Å². The van der Waals surface area contributed by atoms with Crippen LogP contribution in [0.3, 0.4) is 0 Å². The van der Waals surface area contributed by atoms with Gasteiger partial charge in [-0.25, -0.2) is 0 Å². The molecule has 0 unspecified atom stereocenters. The lowest BCUT2D eigenvalue weighted by Gasteiger charge is -2.19. The van der Waals surface area contributed by atoms with E-state index in [2.05, 4.69) is 47.8 Å². The highest BCUT2D eigenvalue weighted by molar-refractivity contribution is 6.30. The van der Waals surface area contributed by atoms with Crippen LogP contribution in [0.2, 0.25) is 5.02 Å². The molecule has 1 fully saturated rings. The number of benzene rings is 2. The third-order valence-electron chi connectivity index (χ3n) is 4.73. The topological polar surface area (TPSA) is 21.3 Å². The number of nitrogens with one attached hydrogen (secondary N) is 1. The van der Waals surface area contributed by atoms with Crippen molar-refractivity contribution in [1.29, 1.82) is 0 Å². The van der Waals surface area contributed by atoms with Crippen molar-refractivity contribution in [2.45, 2.75) is 37.7 Å². The largest absolute Gasteiger partial charge is 0.377 e. The fourth-order valence-electron chi connectivity index (χ4n) is 3.36. The molecule has 0 saturated carbocycles. The number of hydrogen-bond acceptors (Lipinski definition) is 2. The number of rotatable bonds is 8. The van der Waals surface area contributed by atoms with Gasteiger partial charge < -0.3 is 10.1 Å². The smallest absolute Gasteiger partial charge is 0.0700 e. The highest BCUT2D eigenvalue weighted by Crippen LogP contribution is 2.25. The van der Waals surface area contributed by atoms with Crippen molar-refractivity contribution in [3.05, 3.63) is 70.7 Å². The molecule has 2 aromatic carbocycles. The van der Waals surface area contributed by atoms with Gasteiger partial charge in [-0.1, -0.05) is 54.1 Å². The van der Waals surface area contributed by atoms with E-state index in [0.29, 0.717) is 12.0 Å². The Bertz CT molecular complexity index is 593. The molecule has 0 spiro atoms. The van der Waals surface area contributed by atoms with Crippen molar-refractivity contribution in [3.8, 4) is 0 Å². The summed E-state index contributed by atoms with van der Waals surface area (Å²) in [6.45, 7) is 2.91. The second-order valence-electron chi connectivity index (χ2n) is 6.57. The molecule has 24 heavy (non-hydrogen) atoms. The van der Waals surface area contributed by atoms with Crippen molar-refractivity contribution in [1.82, 2.24) is 5.32 Å². The first kappa shape index (κ1) is 17.5. The molecule has 2 aromatic rings. The predicted octanol–water partition coefficient (Wildman–Crippen LogP) is 4.83. The first-order valence-corrected chi connectivity index (χ1v) is 9.31.